The van der Waals surface area contributed by atoms with Crippen molar-refractivity contribution in [1.82, 2.24) is 5.32 Å². The molecule has 0 unspecified atom stereocenters. The third kappa shape index (κ3) is 3.66. The van der Waals surface area contributed by atoms with Crippen molar-refractivity contribution in [2.24, 2.45) is 0 Å². The molecule has 0 bridgehead atoms. The maximum absolute atomic E-state index is 12.9. The average molecular weight is 394 g/mol. The largest absolute Gasteiger partial charge is 0.378 e. The van der Waals surface area contributed by atoms with E-state index in [-0.39, 0.29) is 5.91 Å². The van der Waals surface area contributed by atoms with Crippen molar-refractivity contribution in [3.63, 3.8) is 0 Å². The van der Waals surface area contributed by atoms with Gasteiger partial charge in [-0.25, -0.2) is 0 Å². The highest BCUT2D eigenvalue weighted by atomic mass is 32.1. The number of morpholine rings is 1. The minimum Gasteiger partial charge on any atom is -0.378 e. The van der Waals surface area contributed by atoms with Crippen LogP contribution in [-0.2, 0) is 9.53 Å². The number of hydrogen-bond donors (Lipinski definition) is 1. The van der Waals surface area contributed by atoms with E-state index in [1.54, 1.807) is 4.90 Å². The second kappa shape index (κ2) is 7.73. The molecule has 4 rings (SSSR count). The van der Waals surface area contributed by atoms with Crippen LogP contribution >= 0.6 is 12.2 Å². The lowest BCUT2D eigenvalue weighted by atomic mass is 10.1. The van der Waals surface area contributed by atoms with Crippen molar-refractivity contribution in [1.29, 1.82) is 0 Å². The smallest absolute Gasteiger partial charge is 0.281 e. The number of nitrogens with zero attached hydrogens (tertiary/aromatic N) is 2. The summed E-state index contributed by atoms with van der Waals surface area (Å²) < 4.78 is 5.40. The van der Waals surface area contributed by atoms with Gasteiger partial charge in [0.05, 0.1) is 18.9 Å². The molecule has 144 valence electrons. The van der Waals surface area contributed by atoms with E-state index in [9.17, 15) is 4.79 Å². The molecule has 0 atom stereocenters. The summed E-state index contributed by atoms with van der Waals surface area (Å²) in [4.78, 5) is 16.8. The lowest BCUT2D eigenvalue weighted by Crippen LogP contribution is -2.36. The van der Waals surface area contributed by atoms with Gasteiger partial charge < -0.3 is 15.0 Å². The summed E-state index contributed by atoms with van der Waals surface area (Å²) in [7, 11) is 0. The molecule has 0 aliphatic carbocycles. The first-order valence-electron chi connectivity index (χ1n) is 9.40. The number of nitrogens with one attached hydrogen (secondary N) is 1. The number of ether oxygens (including phenoxy) is 1. The second-order valence-electron chi connectivity index (χ2n) is 7.09. The number of amides is 1. The highest BCUT2D eigenvalue weighted by Gasteiger charge is 2.32. The van der Waals surface area contributed by atoms with E-state index in [2.05, 4.69) is 22.3 Å². The molecule has 2 aliphatic heterocycles. The predicted octanol–water partition coefficient (Wildman–Crippen LogP) is 3.40. The van der Waals surface area contributed by atoms with Crippen LogP contribution in [0.2, 0.25) is 0 Å². The normalized spacial score (nSPS) is 18.7. The van der Waals surface area contributed by atoms with Gasteiger partial charge >= 0.3 is 0 Å². The molecule has 2 saturated heterocycles. The first-order chi connectivity index (χ1) is 13.5. The van der Waals surface area contributed by atoms with Gasteiger partial charge in [-0.05, 0) is 73.1 Å². The van der Waals surface area contributed by atoms with Crippen LogP contribution in [0.4, 0.5) is 11.4 Å². The minimum atomic E-state index is -0.134. The molecule has 0 saturated carbocycles. The predicted molar refractivity (Wildman–Crippen MR) is 117 cm³/mol. The summed E-state index contributed by atoms with van der Waals surface area (Å²) in [5.74, 6) is -0.134. The number of aryl methyl sites for hydroxylation is 2. The average Bonchev–Trinajstić information content (AvgIpc) is 2.98. The number of rotatable bonds is 3. The number of benzene rings is 2. The van der Waals surface area contributed by atoms with E-state index < -0.39 is 0 Å². The maximum atomic E-state index is 12.9. The van der Waals surface area contributed by atoms with E-state index in [4.69, 9.17) is 17.0 Å². The number of carbonyl (C=O) groups is 1. The van der Waals surface area contributed by atoms with Crippen LogP contribution in [0.5, 0.6) is 0 Å². The number of thiocarbonyl (C=S) groups is 1. The van der Waals surface area contributed by atoms with Crippen LogP contribution < -0.4 is 15.1 Å². The SMILES string of the molecule is Cc1ccc(N2C(=O)/C(=C\c3ccc(N4CCOCC4)cc3)NC2=S)cc1C. The third-order valence-electron chi connectivity index (χ3n) is 5.21. The molecular weight excluding hydrogens is 370 g/mol. The lowest BCUT2D eigenvalue weighted by molar-refractivity contribution is -0.113. The van der Waals surface area contributed by atoms with E-state index in [1.807, 2.05) is 50.3 Å². The van der Waals surface area contributed by atoms with Gasteiger partial charge in [-0.3, -0.25) is 9.69 Å². The lowest BCUT2D eigenvalue weighted by Gasteiger charge is -2.28. The quantitative estimate of drug-likeness (QED) is 0.640. The van der Waals surface area contributed by atoms with Gasteiger partial charge in [-0.2, -0.15) is 0 Å². The fourth-order valence-electron chi connectivity index (χ4n) is 3.40. The highest BCUT2D eigenvalue weighted by molar-refractivity contribution is 7.80. The van der Waals surface area contributed by atoms with Gasteiger partial charge in [-0.1, -0.05) is 18.2 Å². The van der Waals surface area contributed by atoms with Gasteiger partial charge in [0.25, 0.3) is 5.91 Å². The molecule has 5 nitrogen and oxygen atoms in total. The van der Waals surface area contributed by atoms with Crippen molar-refractivity contribution in [3.8, 4) is 0 Å². The van der Waals surface area contributed by atoms with E-state index in [0.29, 0.717) is 10.8 Å². The fourth-order valence-corrected chi connectivity index (χ4v) is 3.70. The number of carbonyl (C=O) groups excluding carboxylic acids is 1. The van der Waals surface area contributed by atoms with Crippen molar-refractivity contribution in [2.75, 3.05) is 36.1 Å². The van der Waals surface area contributed by atoms with Crippen LogP contribution in [0.1, 0.15) is 16.7 Å². The van der Waals surface area contributed by atoms with E-state index in [0.717, 1.165) is 43.1 Å². The van der Waals surface area contributed by atoms with Crippen molar-refractivity contribution in [2.45, 2.75) is 13.8 Å². The molecule has 0 spiro atoms. The van der Waals surface area contributed by atoms with Crippen molar-refractivity contribution in [3.05, 3.63) is 64.9 Å². The summed E-state index contributed by atoms with van der Waals surface area (Å²) in [6, 6.07) is 14.1. The minimum absolute atomic E-state index is 0.134. The van der Waals surface area contributed by atoms with Crippen LogP contribution in [-0.4, -0.2) is 37.3 Å². The Hall–Kier alpha value is -2.70. The summed E-state index contributed by atoms with van der Waals surface area (Å²) in [6.07, 6.45) is 1.85. The molecule has 2 aliphatic rings. The molecule has 0 radical (unpaired) electrons. The van der Waals surface area contributed by atoms with Gasteiger partial charge in [0, 0.05) is 18.8 Å². The van der Waals surface area contributed by atoms with Crippen LogP contribution in [0.15, 0.2) is 48.2 Å². The van der Waals surface area contributed by atoms with Crippen molar-refractivity contribution < 1.29 is 9.53 Å². The molecule has 2 fully saturated rings. The van der Waals surface area contributed by atoms with Crippen LogP contribution in [0.25, 0.3) is 6.08 Å². The first-order valence-corrected chi connectivity index (χ1v) is 9.81. The fraction of sp³-hybridized carbons (Fsp3) is 0.273. The number of hydrogen-bond acceptors (Lipinski definition) is 4. The Morgan fingerprint density at radius 2 is 1.68 bits per heavy atom. The Balaban J connectivity index is 1.54. The summed E-state index contributed by atoms with van der Waals surface area (Å²) in [5.41, 5.74) is 5.72. The molecule has 6 heteroatoms. The molecular formula is C22H23N3O2S. The molecule has 0 aromatic heterocycles. The van der Waals surface area contributed by atoms with Crippen LogP contribution in [0, 0.1) is 13.8 Å². The monoisotopic (exact) mass is 393 g/mol. The molecule has 2 aromatic carbocycles. The van der Waals surface area contributed by atoms with Crippen molar-refractivity contribution >= 4 is 40.7 Å². The molecule has 1 N–H and O–H groups in total. The van der Waals surface area contributed by atoms with Gasteiger partial charge in [0.1, 0.15) is 5.70 Å². The van der Waals surface area contributed by atoms with Gasteiger partial charge in [-0.15, -0.1) is 0 Å². The van der Waals surface area contributed by atoms with Gasteiger partial charge in [0.2, 0.25) is 0 Å². The zero-order chi connectivity index (χ0) is 19.7. The first kappa shape index (κ1) is 18.7. The molecule has 2 heterocycles. The maximum Gasteiger partial charge on any atom is 0.281 e. The third-order valence-corrected chi connectivity index (χ3v) is 5.49. The Kier molecular flexibility index (Phi) is 5.15. The highest BCUT2D eigenvalue weighted by Crippen LogP contribution is 2.25. The van der Waals surface area contributed by atoms with Gasteiger partial charge in [0.15, 0.2) is 5.11 Å². The summed E-state index contributed by atoms with van der Waals surface area (Å²) >= 11 is 5.41. The topological polar surface area (TPSA) is 44.8 Å². The second-order valence-corrected chi connectivity index (χ2v) is 7.47. The molecule has 28 heavy (non-hydrogen) atoms. The zero-order valence-corrected chi connectivity index (χ0v) is 16.9. The Bertz CT molecular complexity index is 947. The van der Waals surface area contributed by atoms with Crippen LogP contribution in [0.3, 0.4) is 0 Å². The van der Waals surface area contributed by atoms with E-state index in [1.165, 1.54) is 11.3 Å². The summed E-state index contributed by atoms with van der Waals surface area (Å²) in [5, 5.41) is 3.46. The zero-order valence-electron chi connectivity index (χ0n) is 16.1. The Morgan fingerprint density at radius 1 is 1.00 bits per heavy atom. The van der Waals surface area contributed by atoms with E-state index >= 15 is 0 Å². The Labute approximate surface area is 170 Å². The Morgan fingerprint density at radius 3 is 2.36 bits per heavy atom. The number of anilines is 2. The summed E-state index contributed by atoms with van der Waals surface area (Å²) in [6.45, 7) is 7.40. The molecule has 1 amide bonds. The molecule has 2 aromatic rings. The standard InChI is InChI=1S/C22H23N3O2S/c1-15-3-6-19(13-16(15)2)25-21(26)20(23-22(25)28)14-17-4-7-18(8-5-17)24-9-11-27-12-10-24/h3-8,13-14H,9-12H2,1-2H3,(H,23,28)/b20-14+.